The summed E-state index contributed by atoms with van der Waals surface area (Å²) >= 11 is 3.48. The predicted molar refractivity (Wildman–Crippen MR) is 71.0 cm³/mol. The molecule has 1 aromatic carbocycles. The highest BCUT2D eigenvalue weighted by atomic mass is 79.9. The Morgan fingerprint density at radius 2 is 2.24 bits per heavy atom. The lowest BCUT2D eigenvalue weighted by atomic mass is 10.1. The van der Waals surface area contributed by atoms with Crippen LogP contribution in [-0.4, -0.2) is 19.1 Å². The molecule has 1 saturated carbocycles. The van der Waals surface area contributed by atoms with Crippen molar-refractivity contribution >= 4 is 27.6 Å². The van der Waals surface area contributed by atoms with Gasteiger partial charge in [0.25, 0.3) is 0 Å². The third-order valence-electron chi connectivity index (χ3n) is 2.98. The van der Waals surface area contributed by atoms with Gasteiger partial charge in [-0.2, -0.15) is 0 Å². The first-order chi connectivity index (χ1) is 8.11. The van der Waals surface area contributed by atoms with Crippen molar-refractivity contribution in [3.63, 3.8) is 0 Å². The van der Waals surface area contributed by atoms with E-state index in [9.17, 15) is 4.79 Å². The van der Waals surface area contributed by atoms with Gasteiger partial charge in [0, 0.05) is 10.2 Å². The molecule has 2 rings (SSSR count). The molecule has 0 saturated heterocycles. The van der Waals surface area contributed by atoms with Gasteiger partial charge in [-0.3, -0.25) is 0 Å². The lowest BCUT2D eigenvalue weighted by Gasteiger charge is -2.18. The molecule has 1 aliphatic rings. The number of carbonyl (C=O) groups excluding carboxylic acids is 1. The summed E-state index contributed by atoms with van der Waals surface area (Å²) in [6, 6.07) is 5.82. The highest BCUT2D eigenvalue weighted by Gasteiger charge is 2.37. The summed E-state index contributed by atoms with van der Waals surface area (Å²) in [6.45, 7) is 2.03. The number of aryl methyl sites for hydroxylation is 1. The molecule has 0 spiro atoms. The Hall–Kier alpha value is -1.03. The number of halogens is 1. The molecular formula is C13H16BrNO2. The van der Waals surface area contributed by atoms with Gasteiger partial charge in [-0.25, -0.2) is 4.79 Å². The summed E-state index contributed by atoms with van der Waals surface area (Å²) < 4.78 is 5.81. The summed E-state index contributed by atoms with van der Waals surface area (Å²) in [7, 11) is 1.44. The van der Waals surface area contributed by atoms with Crippen molar-refractivity contribution in [3.8, 4) is 0 Å². The van der Waals surface area contributed by atoms with Crippen molar-refractivity contribution in [2.75, 3.05) is 12.4 Å². The molecule has 1 N–H and O–H groups in total. The van der Waals surface area contributed by atoms with Crippen LogP contribution in [0.15, 0.2) is 22.7 Å². The van der Waals surface area contributed by atoms with Crippen molar-refractivity contribution in [2.24, 2.45) is 5.92 Å². The van der Waals surface area contributed by atoms with Crippen LogP contribution in [0.1, 0.15) is 18.4 Å². The Morgan fingerprint density at radius 1 is 1.53 bits per heavy atom. The van der Waals surface area contributed by atoms with Crippen LogP contribution in [0.4, 0.5) is 5.69 Å². The number of benzene rings is 1. The maximum atomic E-state index is 11.7. The zero-order chi connectivity index (χ0) is 12.4. The molecule has 1 atom stereocenters. The monoisotopic (exact) mass is 297 g/mol. The van der Waals surface area contributed by atoms with E-state index in [1.807, 2.05) is 25.1 Å². The number of hydrogen-bond acceptors (Lipinski definition) is 3. The van der Waals surface area contributed by atoms with Gasteiger partial charge < -0.3 is 10.1 Å². The largest absolute Gasteiger partial charge is 0.467 e. The molecule has 1 fully saturated rings. The van der Waals surface area contributed by atoms with Crippen molar-refractivity contribution in [3.05, 3.63) is 28.2 Å². The third kappa shape index (κ3) is 3.00. The highest BCUT2D eigenvalue weighted by molar-refractivity contribution is 9.10. The fraction of sp³-hybridized carbons (Fsp3) is 0.462. The zero-order valence-electron chi connectivity index (χ0n) is 10.00. The molecule has 0 radical (unpaired) electrons. The van der Waals surface area contributed by atoms with Crippen LogP contribution < -0.4 is 5.32 Å². The number of anilines is 1. The fourth-order valence-electron chi connectivity index (χ4n) is 1.84. The SMILES string of the molecule is COC(=O)C(Nc1cc(C)ccc1Br)C1CC1. The quantitative estimate of drug-likeness (QED) is 0.868. The first-order valence-electron chi connectivity index (χ1n) is 5.72. The smallest absolute Gasteiger partial charge is 0.328 e. The van der Waals surface area contributed by atoms with Crippen LogP contribution in [0.5, 0.6) is 0 Å². The van der Waals surface area contributed by atoms with Gasteiger partial charge in [-0.05, 0) is 59.3 Å². The van der Waals surface area contributed by atoms with E-state index >= 15 is 0 Å². The first-order valence-corrected chi connectivity index (χ1v) is 6.51. The molecule has 4 heteroatoms. The third-order valence-corrected chi connectivity index (χ3v) is 3.67. The van der Waals surface area contributed by atoms with Crippen molar-refractivity contribution in [1.29, 1.82) is 0 Å². The van der Waals surface area contributed by atoms with Gasteiger partial charge in [-0.15, -0.1) is 0 Å². The van der Waals surface area contributed by atoms with Crippen LogP contribution >= 0.6 is 15.9 Å². The lowest BCUT2D eigenvalue weighted by Crippen LogP contribution is -2.32. The molecule has 0 aliphatic heterocycles. The molecular weight excluding hydrogens is 282 g/mol. The van der Waals surface area contributed by atoms with Gasteiger partial charge in [0.1, 0.15) is 6.04 Å². The van der Waals surface area contributed by atoms with Crippen LogP contribution in [0.3, 0.4) is 0 Å². The molecule has 1 aromatic rings. The second kappa shape index (κ2) is 5.08. The number of esters is 1. The van der Waals surface area contributed by atoms with Crippen LogP contribution in [0, 0.1) is 12.8 Å². The minimum absolute atomic E-state index is 0.180. The van der Waals surface area contributed by atoms with E-state index in [1.165, 1.54) is 7.11 Å². The van der Waals surface area contributed by atoms with E-state index in [0.29, 0.717) is 5.92 Å². The number of nitrogens with one attached hydrogen (secondary N) is 1. The maximum absolute atomic E-state index is 11.7. The molecule has 92 valence electrons. The lowest BCUT2D eigenvalue weighted by molar-refractivity contribution is -0.142. The van der Waals surface area contributed by atoms with Crippen molar-refractivity contribution < 1.29 is 9.53 Å². The minimum Gasteiger partial charge on any atom is -0.467 e. The van der Waals surface area contributed by atoms with E-state index < -0.39 is 0 Å². The van der Waals surface area contributed by atoms with E-state index in [0.717, 1.165) is 28.6 Å². The van der Waals surface area contributed by atoms with Crippen LogP contribution in [0.2, 0.25) is 0 Å². The summed E-state index contributed by atoms with van der Waals surface area (Å²) in [5.41, 5.74) is 2.11. The van der Waals surface area contributed by atoms with Gasteiger partial charge in [-0.1, -0.05) is 6.07 Å². The second-order valence-electron chi connectivity index (χ2n) is 4.47. The molecule has 0 amide bonds. The van der Waals surface area contributed by atoms with Crippen molar-refractivity contribution in [2.45, 2.75) is 25.8 Å². The number of rotatable bonds is 4. The van der Waals surface area contributed by atoms with Gasteiger partial charge in [0.15, 0.2) is 0 Å². The van der Waals surface area contributed by atoms with Gasteiger partial charge in [0.05, 0.1) is 7.11 Å². The fourth-order valence-corrected chi connectivity index (χ4v) is 2.20. The Balaban J connectivity index is 2.16. The Labute approximate surface area is 110 Å². The van der Waals surface area contributed by atoms with E-state index in [4.69, 9.17) is 4.74 Å². The van der Waals surface area contributed by atoms with E-state index in [2.05, 4.69) is 21.2 Å². The molecule has 3 nitrogen and oxygen atoms in total. The standard InChI is InChI=1S/C13H16BrNO2/c1-8-3-6-10(14)11(7-8)15-12(9-4-5-9)13(16)17-2/h3,6-7,9,12,15H,4-5H2,1-2H3. The average Bonchev–Trinajstić information content (AvgIpc) is 3.13. The molecule has 0 bridgehead atoms. The average molecular weight is 298 g/mol. The summed E-state index contributed by atoms with van der Waals surface area (Å²) in [5, 5.41) is 3.28. The highest BCUT2D eigenvalue weighted by Crippen LogP contribution is 2.36. The van der Waals surface area contributed by atoms with Crippen molar-refractivity contribution in [1.82, 2.24) is 0 Å². The molecule has 1 aliphatic carbocycles. The van der Waals surface area contributed by atoms with Crippen LogP contribution in [0.25, 0.3) is 0 Å². The molecule has 0 aromatic heterocycles. The summed E-state index contributed by atoms with van der Waals surface area (Å²) in [5.74, 6) is 0.232. The van der Waals surface area contributed by atoms with Crippen LogP contribution in [-0.2, 0) is 9.53 Å². The maximum Gasteiger partial charge on any atom is 0.328 e. The van der Waals surface area contributed by atoms with E-state index in [1.54, 1.807) is 0 Å². The topological polar surface area (TPSA) is 38.3 Å². The molecule has 0 heterocycles. The molecule has 17 heavy (non-hydrogen) atoms. The van der Waals surface area contributed by atoms with E-state index in [-0.39, 0.29) is 12.0 Å². The summed E-state index contributed by atoms with van der Waals surface area (Å²) in [6.07, 6.45) is 2.19. The Kier molecular flexibility index (Phi) is 3.72. The second-order valence-corrected chi connectivity index (χ2v) is 5.32. The number of methoxy groups -OCH3 is 1. The Morgan fingerprint density at radius 3 is 2.82 bits per heavy atom. The number of carbonyl (C=O) groups is 1. The number of ether oxygens (including phenoxy) is 1. The zero-order valence-corrected chi connectivity index (χ0v) is 11.6. The minimum atomic E-state index is -0.224. The number of hydrogen-bond donors (Lipinski definition) is 1. The first kappa shape index (κ1) is 12.4. The molecule has 1 unspecified atom stereocenters. The van der Waals surface area contributed by atoms with Gasteiger partial charge >= 0.3 is 5.97 Å². The Bertz CT molecular complexity index is 429. The normalized spacial score (nSPS) is 16.4. The van der Waals surface area contributed by atoms with Gasteiger partial charge in [0.2, 0.25) is 0 Å². The summed E-state index contributed by atoms with van der Waals surface area (Å²) in [4.78, 5) is 11.7. The predicted octanol–water partition coefficient (Wildman–Crippen LogP) is 3.12.